The number of hydrogen-bond acceptors (Lipinski definition) is 2. The molecule has 0 amide bonds. The zero-order valence-corrected chi connectivity index (χ0v) is 16.2. The average Bonchev–Trinajstić information content (AvgIpc) is 2.79. The van der Waals surface area contributed by atoms with Gasteiger partial charge in [-0.15, -0.1) is 0 Å². The number of hydrogen-bond donors (Lipinski definition) is 0. The van der Waals surface area contributed by atoms with Gasteiger partial charge < -0.3 is 0 Å². The van der Waals surface area contributed by atoms with Gasteiger partial charge in [0, 0.05) is 17.8 Å². The molecule has 0 bridgehead atoms. The summed E-state index contributed by atoms with van der Waals surface area (Å²) in [5, 5.41) is 4.36. The molecule has 120 valence electrons. The third-order valence-corrected chi connectivity index (χ3v) is 5.74. The number of fused-ring (bicyclic) bond motifs is 1. The Morgan fingerprint density at radius 1 is 1.36 bits per heavy atom. The lowest BCUT2D eigenvalue weighted by atomic mass is 9.84. The first kappa shape index (κ1) is 16.2. The molecule has 3 rings (SSSR count). The van der Waals surface area contributed by atoms with Gasteiger partial charge in [-0.25, -0.2) is 4.52 Å². The summed E-state index contributed by atoms with van der Waals surface area (Å²) in [5.41, 5.74) is 2.97. The number of halogens is 1. The summed E-state index contributed by atoms with van der Waals surface area (Å²) in [4.78, 5) is 2.66. The van der Waals surface area contributed by atoms with Crippen molar-refractivity contribution in [2.24, 2.45) is 5.92 Å². The Bertz CT molecular complexity index is 656. The molecule has 1 saturated heterocycles. The van der Waals surface area contributed by atoms with Gasteiger partial charge in [-0.1, -0.05) is 0 Å². The monoisotopic (exact) mass is 411 g/mol. The fourth-order valence-corrected chi connectivity index (χ4v) is 4.43. The van der Waals surface area contributed by atoms with E-state index in [9.17, 15) is 0 Å². The van der Waals surface area contributed by atoms with Gasteiger partial charge in [-0.3, -0.25) is 4.90 Å². The predicted molar refractivity (Wildman–Crippen MR) is 100 cm³/mol. The summed E-state index contributed by atoms with van der Waals surface area (Å²) in [6, 6.07) is 5.23. The fourth-order valence-electron chi connectivity index (χ4n) is 3.91. The number of nitrogens with zero attached hydrogens (tertiary/aromatic N) is 3. The zero-order valence-electron chi connectivity index (χ0n) is 14.0. The second-order valence-electron chi connectivity index (χ2n) is 7.67. The van der Waals surface area contributed by atoms with Gasteiger partial charge in [0.2, 0.25) is 0 Å². The van der Waals surface area contributed by atoms with E-state index in [1.165, 1.54) is 40.5 Å². The van der Waals surface area contributed by atoms with E-state index in [1.54, 1.807) is 0 Å². The van der Waals surface area contributed by atoms with Crippen molar-refractivity contribution in [3.8, 4) is 0 Å². The van der Waals surface area contributed by atoms with Gasteiger partial charge >= 0.3 is 0 Å². The molecule has 0 aliphatic carbocycles. The van der Waals surface area contributed by atoms with E-state index in [4.69, 9.17) is 0 Å². The molecule has 3 nitrogen and oxygen atoms in total. The highest BCUT2D eigenvalue weighted by Gasteiger charge is 2.32. The molecule has 1 fully saturated rings. The van der Waals surface area contributed by atoms with Crippen molar-refractivity contribution in [1.29, 1.82) is 0 Å². The Morgan fingerprint density at radius 2 is 2.14 bits per heavy atom. The van der Waals surface area contributed by atoms with Gasteiger partial charge in [-0.05, 0) is 99.7 Å². The highest BCUT2D eigenvalue weighted by molar-refractivity contribution is 14.1. The topological polar surface area (TPSA) is 20.5 Å². The van der Waals surface area contributed by atoms with Crippen molar-refractivity contribution in [1.82, 2.24) is 14.5 Å². The molecule has 0 unspecified atom stereocenters. The lowest BCUT2D eigenvalue weighted by molar-refractivity contribution is 0.0390. The zero-order chi connectivity index (χ0) is 15.9. The third-order valence-electron chi connectivity index (χ3n) is 4.91. The minimum absolute atomic E-state index is 0.289. The normalized spacial score (nSPS) is 24.0. The Hall–Kier alpha value is -0.620. The first-order chi connectivity index (χ1) is 10.3. The van der Waals surface area contributed by atoms with Crippen LogP contribution in [0, 0.1) is 9.49 Å². The van der Waals surface area contributed by atoms with Gasteiger partial charge in [-0.2, -0.15) is 5.10 Å². The summed E-state index contributed by atoms with van der Waals surface area (Å²) in [7, 11) is 0. The summed E-state index contributed by atoms with van der Waals surface area (Å²) < 4.78 is 3.20. The van der Waals surface area contributed by atoms with Gasteiger partial charge in [0.15, 0.2) is 0 Å². The smallest absolute Gasteiger partial charge is 0.0797 e. The maximum atomic E-state index is 4.36. The molecule has 2 aromatic rings. The highest BCUT2D eigenvalue weighted by atomic mass is 127. The number of piperidine rings is 1. The van der Waals surface area contributed by atoms with Crippen LogP contribution in [0.4, 0.5) is 0 Å². The van der Waals surface area contributed by atoms with E-state index in [0.717, 1.165) is 5.92 Å². The molecule has 0 aromatic carbocycles. The van der Waals surface area contributed by atoms with Crippen molar-refractivity contribution in [3.05, 3.63) is 33.7 Å². The molecular formula is C18H26IN3. The number of likely N-dealkylation sites (tertiary alicyclic amines) is 1. The van der Waals surface area contributed by atoms with Crippen molar-refractivity contribution in [3.63, 3.8) is 0 Å². The molecular weight excluding hydrogens is 385 g/mol. The SMILES string of the molecule is C[C@H]1C[C@H](Cc2ccn3ncc(I)c3c2)CCN1C(C)(C)C. The highest BCUT2D eigenvalue weighted by Crippen LogP contribution is 2.31. The Labute approximate surface area is 147 Å². The van der Waals surface area contributed by atoms with Gasteiger partial charge in [0.25, 0.3) is 0 Å². The minimum Gasteiger partial charge on any atom is -0.296 e. The van der Waals surface area contributed by atoms with Crippen LogP contribution in [0.2, 0.25) is 0 Å². The van der Waals surface area contributed by atoms with Crippen LogP contribution in [0.15, 0.2) is 24.5 Å². The summed E-state index contributed by atoms with van der Waals surface area (Å²) >= 11 is 2.37. The Balaban J connectivity index is 1.69. The second-order valence-corrected chi connectivity index (χ2v) is 8.83. The predicted octanol–water partition coefficient (Wildman–Crippen LogP) is 4.38. The minimum atomic E-state index is 0.289. The van der Waals surface area contributed by atoms with Crippen LogP contribution in [0.3, 0.4) is 0 Å². The van der Waals surface area contributed by atoms with Crippen LogP contribution in [0.25, 0.3) is 5.52 Å². The number of rotatable bonds is 2. The summed E-state index contributed by atoms with van der Waals surface area (Å²) in [6.45, 7) is 10.6. The van der Waals surface area contributed by atoms with Crippen molar-refractivity contribution < 1.29 is 0 Å². The van der Waals surface area contributed by atoms with Crippen LogP contribution in [0.1, 0.15) is 46.1 Å². The van der Waals surface area contributed by atoms with Gasteiger partial charge in [0.05, 0.1) is 15.3 Å². The van der Waals surface area contributed by atoms with Crippen molar-refractivity contribution in [2.45, 2.75) is 58.5 Å². The maximum Gasteiger partial charge on any atom is 0.0797 e. The molecule has 0 saturated carbocycles. The van der Waals surface area contributed by atoms with Crippen molar-refractivity contribution in [2.75, 3.05) is 6.54 Å². The maximum absolute atomic E-state index is 4.36. The van der Waals surface area contributed by atoms with Crippen LogP contribution in [0.5, 0.6) is 0 Å². The van der Waals surface area contributed by atoms with Crippen LogP contribution >= 0.6 is 22.6 Å². The summed E-state index contributed by atoms with van der Waals surface area (Å²) in [5.74, 6) is 0.802. The standard InChI is InChI=1S/C18H26IN3/c1-13-9-14(5-7-21(13)18(2,3)4)10-15-6-8-22-17(11-15)16(19)12-20-22/h6,8,11-14H,5,7,9-10H2,1-4H3/t13-,14+/m0/s1. The van der Waals surface area contributed by atoms with Crippen molar-refractivity contribution >= 4 is 28.1 Å². The Kier molecular flexibility index (Phi) is 4.52. The van der Waals surface area contributed by atoms with Crippen LogP contribution < -0.4 is 0 Å². The largest absolute Gasteiger partial charge is 0.296 e. The first-order valence-electron chi connectivity index (χ1n) is 8.23. The Morgan fingerprint density at radius 3 is 2.82 bits per heavy atom. The fraction of sp³-hybridized carbons (Fsp3) is 0.611. The van der Waals surface area contributed by atoms with E-state index >= 15 is 0 Å². The molecule has 0 N–H and O–H groups in total. The lowest BCUT2D eigenvalue weighted by Gasteiger charge is -2.45. The average molecular weight is 411 g/mol. The summed E-state index contributed by atoms with van der Waals surface area (Å²) in [6.07, 6.45) is 7.84. The first-order valence-corrected chi connectivity index (χ1v) is 9.31. The van der Waals surface area contributed by atoms with E-state index in [2.05, 4.69) is 78.6 Å². The molecule has 4 heteroatoms. The number of pyridine rings is 1. The molecule has 2 atom stereocenters. The van der Waals surface area contributed by atoms with Crippen LogP contribution in [-0.4, -0.2) is 32.6 Å². The van der Waals surface area contributed by atoms with E-state index in [0.29, 0.717) is 6.04 Å². The van der Waals surface area contributed by atoms with Gasteiger partial charge in [0.1, 0.15) is 0 Å². The molecule has 0 spiro atoms. The van der Waals surface area contributed by atoms with E-state index < -0.39 is 0 Å². The quantitative estimate of drug-likeness (QED) is 0.684. The van der Waals surface area contributed by atoms with E-state index in [-0.39, 0.29) is 5.54 Å². The third kappa shape index (κ3) is 3.32. The number of aromatic nitrogens is 2. The molecule has 3 heterocycles. The van der Waals surface area contributed by atoms with Crippen LogP contribution in [-0.2, 0) is 6.42 Å². The lowest BCUT2D eigenvalue weighted by Crippen LogP contribution is -2.51. The molecule has 1 aliphatic rings. The molecule has 1 aliphatic heterocycles. The van der Waals surface area contributed by atoms with E-state index in [1.807, 2.05) is 10.7 Å². The molecule has 22 heavy (non-hydrogen) atoms. The molecule has 2 aromatic heterocycles. The second kappa shape index (κ2) is 6.11. The molecule has 0 radical (unpaired) electrons.